The van der Waals surface area contributed by atoms with E-state index in [1.165, 1.54) is 17.0 Å². The SMILES string of the molecule is CC(C)CN(CC(=O)N(Cc1ccccc1)Cc1cccs1)C(=O)c1ccc([N+](=O)[O-])cc1Cl. The topological polar surface area (TPSA) is 83.8 Å². The predicted octanol–water partition coefficient (Wildman–Crippen LogP) is 5.64. The van der Waals surface area contributed by atoms with Crippen LogP contribution < -0.4 is 0 Å². The van der Waals surface area contributed by atoms with Gasteiger partial charge in [-0.15, -0.1) is 11.3 Å². The smallest absolute Gasteiger partial charge is 0.270 e. The van der Waals surface area contributed by atoms with Crippen LogP contribution in [0, 0.1) is 16.0 Å². The number of carbonyl (C=O) groups is 2. The van der Waals surface area contributed by atoms with Gasteiger partial charge in [-0.1, -0.05) is 61.8 Å². The molecule has 0 fully saturated rings. The molecule has 3 aromatic rings. The van der Waals surface area contributed by atoms with Crippen molar-refractivity contribution in [3.8, 4) is 0 Å². The van der Waals surface area contributed by atoms with Crippen LogP contribution in [0.15, 0.2) is 66.0 Å². The van der Waals surface area contributed by atoms with Crippen LogP contribution in [0.4, 0.5) is 5.69 Å². The number of carbonyl (C=O) groups excluding carboxylic acids is 2. The molecule has 2 aromatic carbocycles. The van der Waals surface area contributed by atoms with Crippen molar-refractivity contribution in [2.45, 2.75) is 26.9 Å². The first kappa shape index (κ1) is 25.4. The van der Waals surface area contributed by atoms with Gasteiger partial charge in [0.05, 0.1) is 22.1 Å². The van der Waals surface area contributed by atoms with E-state index in [1.54, 1.807) is 16.2 Å². The van der Waals surface area contributed by atoms with Gasteiger partial charge in [0.2, 0.25) is 5.91 Å². The third kappa shape index (κ3) is 6.88. The largest absolute Gasteiger partial charge is 0.332 e. The summed E-state index contributed by atoms with van der Waals surface area (Å²) in [6, 6.07) is 17.4. The molecule has 0 unspecified atom stereocenters. The summed E-state index contributed by atoms with van der Waals surface area (Å²) >= 11 is 7.77. The molecular weight excluding hydrogens is 474 g/mol. The maximum absolute atomic E-state index is 13.4. The number of rotatable bonds is 10. The van der Waals surface area contributed by atoms with Crippen LogP contribution in [0.1, 0.15) is 34.6 Å². The molecule has 3 rings (SSSR count). The molecule has 1 heterocycles. The van der Waals surface area contributed by atoms with Gasteiger partial charge < -0.3 is 9.80 Å². The highest BCUT2D eigenvalue weighted by Gasteiger charge is 2.26. The van der Waals surface area contributed by atoms with E-state index in [2.05, 4.69) is 0 Å². The minimum Gasteiger partial charge on any atom is -0.332 e. The van der Waals surface area contributed by atoms with E-state index in [1.807, 2.05) is 61.7 Å². The second kappa shape index (κ2) is 11.8. The summed E-state index contributed by atoms with van der Waals surface area (Å²) in [5, 5.41) is 13.0. The summed E-state index contributed by atoms with van der Waals surface area (Å²) in [6.45, 7) is 4.98. The van der Waals surface area contributed by atoms with Crippen LogP contribution >= 0.6 is 22.9 Å². The zero-order valence-electron chi connectivity index (χ0n) is 19.0. The molecule has 2 amide bonds. The molecule has 0 saturated heterocycles. The summed E-state index contributed by atoms with van der Waals surface area (Å²) < 4.78 is 0. The average Bonchev–Trinajstić information content (AvgIpc) is 3.31. The lowest BCUT2D eigenvalue weighted by Crippen LogP contribution is -2.44. The van der Waals surface area contributed by atoms with Crippen molar-refractivity contribution in [1.29, 1.82) is 0 Å². The second-order valence-electron chi connectivity index (χ2n) is 8.32. The molecule has 0 saturated carbocycles. The Labute approximate surface area is 207 Å². The summed E-state index contributed by atoms with van der Waals surface area (Å²) in [7, 11) is 0. The molecular formula is C25H26ClN3O4S. The molecule has 34 heavy (non-hydrogen) atoms. The summed E-state index contributed by atoms with van der Waals surface area (Å²) in [5.41, 5.74) is 0.930. The Kier molecular flexibility index (Phi) is 8.79. The highest BCUT2D eigenvalue weighted by molar-refractivity contribution is 7.09. The standard InChI is InChI=1S/C25H26ClN3O4S/c1-18(2)14-28(25(31)22-11-10-20(29(32)33)13-23(22)26)17-24(30)27(16-21-9-6-12-34-21)15-19-7-4-3-5-8-19/h3-13,18H,14-17H2,1-2H3. The maximum Gasteiger partial charge on any atom is 0.270 e. The zero-order valence-corrected chi connectivity index (χ0v) is 20.6. The average molecular weight is 500 g/mol. The molecule has 1 aromatic heterocycles. The first-order chi connectivity index (χ1) is 16.2. The van der Waals surface area contributed by atoms with Crippen molar-refractivity contribution in [3.05, 3.63) is 97.2 Å². The predicted molar refractivity (Wildman–Crippen MR) is 134 cm³/mol. The fraction of sp³-hybridized carbons (Fsp3) is 0.280. The van der Waals surface area contributed by atoms with E-state index in [-0.39, 0.29) is 34.6 Å². The highest BCUT2D eigenvalue weighted by Crippen LogP contribution is 2.24. The first-order valence-electron chi connectivity index (χ1n) is 10.8. The monoisotopic (exact) mass is 499 g/mol. The Morgan fingerprint density at radius 2 is 1.76 bits per heavy atom. The first-order valence-corrected chi connectivity index (χ1v) is 12.1. The summed E-state index contributed by atoms with van der Waals surface area (Å²) in [5.74, 6) is -0.518. The van der Waals surface area contributed by atoms with Crippen LogP contribution in [0.2, 0.25) is 5.02 Å². The fourth-order valence-electron chi connectivity index (χ4n) is 3.51. The Morgan fingerprint density at radius 3 is 2.35 bits per heavy atom. The maximum atomic E-state index is 13.4. The third-order valence-corrected chi connectivity index (χ3v) is 6.26. The molecule has 0 atom stereocenters. The number of nitro groups is 1. The van der Waals surface area contributed by atoms with E-state index in [4.69, 9.17) is 11.6 Å². The van der Waals surface area contributed by atoms with Crippen molar-refractivity contribution in [3.63, 3.8) is 0 Å². The Bertz CT molecular complexity index is 1140. The molecule has 7 nitrogen and oxygen atoms in total. The number of nitro benzene ring substituents is 1. The molecule has 0 N–H and O–H groups in total. The van der Waals surface area contributed by atoms with Crippen molar-refractivity contribution in [2.24, 2.45) is 5.92 Å². The van der Waals surface area contributed by atoms with Crippen molar-refractivity contribution in [1.82, 2.24) is 9.80 Å². The lowest BCUT2D eigenvalue weighted by molar-refractivity contribution is -0.384. The van der Waals surface area contributed by atoms with Crippen LogP contribution in [0.3, 0.4) is 0 Å². The molecule has 0 spiro atoms. The molecule has 0 aliphatic rings. The number of hydrogen-bond acceptors (Lipinski definition) is 5. The Morgan fingerprint density at radius 1 is 1.03 bits per heavy atom. The number of thiophene rings is 1. The normalized spacial score (nSPS) is 10.8. The van der Waals surface area contributed by atoms with Gasteiger partial charge >= 0.3 is 0 Å². The van der Waals surface area contributed by atoms with Gasteiger partial charge in [-0.2, -0.15) is 0 Å². The zero-order chi connectivity index (χ0) is 24.7. The minimum atomic E-state index is -0.568. The van der Waals surface area contributed by atoms with Gasteiger partial charge in [0.25, 0.3) is 11.6 Å². The third-order valence-electron chi connectivity index (χ3n) is 5.09. The minimum absolute atomic E-state index is 0.0138. The number of benzene rings is 2. The van der Waals surface area contributed by atoms with Gasteiger partial charge in [-0.05, 0) is 29.0 Å². The molecule has 178 valence electrons. The molecule has 0 radical (unpaired) electrons. The van der Waals surface area contributed by atoms with Gasteiger partial charge in [0, 0.05) is 30.1 Å². The fourth-order valence-corrected chi connectivity index (χ4v) is 4.49. The lowest BCUT2D eigenvalue weighted by Gasteiger charge is -2.29. The van der Waals surface area contributed by atoms with Gasteiger partial charge in [0.1, 0.15) is 6.54 Å². The van der Waals surface area contributed by atoms with E-state index in [0.717, 1.165) is 16.5 Å². The Balaban J connectivity index is 1.84. The number of hydrogen-bond donors (Lipinski definition) is 0. The lowest BCUT2D eigenvalue weighted by atomic mass is 10.1. The van der Waals surface area contributed by atoms with Crippen molar-refractivity contribution >= 4 is 40.4 Å². The van der Waals surface area contributed by atoms with Crippen LogP contribution in [-0.2, 0) is 17.9 Å². The highest BCUT2D eigenvalue weighted by atomic mass is 35.5. The quantitative estimate of drug-likeness (QED) is 0.267. The van der Waals surface area contributed by atoms with E-state index in [9.17, 15) is 19.7 Å². The van der Waals surface area contributed by atoms with E-state index >= 15 is 0 Å². The molecule has 0 aliphatic carbocycles. The van der Waals surface area contributed by atoms with Crippen LogP contribution in [0.5, 0.6) is 0 Å². The van der Waals surface area contributed by atoms with Gasteiger partial charge in [0.15, 0.2) is 0 Å². The second-order valence-corrected chi connectivity index (χ2v) is 9.75. The van der Waals surface area contributed by atoms with Crippen LogP contribution in [0.25, 0.3) is 0 Å². The number of halogens is 1. The number of nitrogens with zero attached hydrogens (tertiary/aromatic N) is 3. The van der Waals surface area contributed by atoms with Crippen LogP contribution in [-0.4, -0.2) is 39.6 Å². The van der Waals surface area contributed by atoms with Gasteiger partial charge in [-0.25, -0.2) is 0 Å². The summed E-state index contributed by atoms with van der Waals surface area (Å²) in [6.07, 6.45) is 0. The number of non-ortho nitro benzene ring substituents is 1. The van der Waals surface area contributed by atoms with Crippen molar-refractivity contribution in [2.75, 3.05) is 13.1 Å². The van der Waals surface area contributed by atoms with E-state index < -0.39 is 10.8 Å². The molecule has 0 aliphatic heterocycles. The van der Waals surface area contributed by atoms with E-state index in [0.29, 0.717) is 19.6 Å². The summed E-state index contributed by atoms with van der Waals surface area (Å²) in [4.78, 5) is 41.5. The number of amides is 2. The Hall–Kier alpha value is -3.23. The van der Waals surface area contributed by atoms with Crippen molar-refractivity contribution < 1.29 is 14.5 Å². The molecule has 0 bridgehead atoms. The van der Waals surface area contributed by atoms with Gasteiger partial charge in [-0.3, -0.25) is 19.7 Å². The molecule has 9 heteroatoms.